The zero-order valence-corrected chi connectivity index (χ0v) is 16.8. The number of fused-ring (bicyclic) bond motifs is 1. The van der Waals surface area contributed by atoms with Gasteiger partial charge in [0.05, 0.1) is 5.69 Å². The summed E-state index contributed by atoms with van der Waals surface area (Å²) in [7, 11) is 0. The van der Waals surface area contributed by atoms with Gasteiger partial charge in [0.2, 0.25) is 0 Å². The van der Waals surface area contributed by atoms with Crippen LogP contribution in [-0.4, -0.2) is 30.5 Å². The maximum Gasteiger partial charge on any atom is 0.277 e. The molecule has 8 heteroatoms. The van der Waals surface area contributed by atoms with E-state index in [-0.39, 0.29) is 11.7 Å². The molecule has 0 bridgehead atoms. The molecule has 4 aromatic rings. The number of carbonyl (C=O) groups excluding carboxylic acids is 1. The average Bonchev–Trinajstić information content (AvgIpc) is 3.51. The zero-order valence-electron chi connectivity index (χ0n) is 16.8. The second-order valence-electron chi connectivity index (χ2n) is 7.54. The van der Waals surface area contributed by atoms with Gasteiger partial charge in [0, 0.05) is 42.5 Å². The summed E-state index contributed by atoms with van der Waals surface area (Å²) in [4.78, 5) is 17.0. The molecule has 0 saturated carbocycles. The topological polar surface area (TPSA) is 77.6 Å². The Bertz CT molecular complexity index is 1210. The summed E-state index contributed by atoms with van der Waals surface area (Å²) in [6, 6.07) is 11.9. The quantitative estimate of drug-likeness (QED) is 0.521. The Balaban J connectivity index is 1.32. The molecule has 1 N–H and O–H groups in total. The summed E-state index contributed by atoms with van der Waals surface area (Å²) in [5, 5.41) is 11.9. The monoisotopic (exact) mass is 416 g/mol. The fourth-order valence-corrected chi connectivity index (χ4v) is 3.94. The maximum atomic E-state index is 13.3. The molecule has 0 atom stereocenters. The first-order valence-electron chi connectivity index (χ1n) is 10.3. The summed E-state index contributed by atoms with van der Waals surface area (Å²) in [5.41, 5.74) is 4.30. The molecule has 0 saturated heterocycles. The first-order chi connectivity index (χ1) is 15.2. The molecule has 7 nitrogen and oxygen atoms in total. The van der Waals surface area contributed by atoms with Crippen LogP contribution in [0.3, 0.4) is 0 Å². The second kappa shape index (κ2) is 8.14. The fraction of sp³-hybridized carbons (Fsp3) is 0.217. The van der Waals surface area contributed by atoms with E-state index in [0.29, 0.717) is 18.1 Å². The summed E-state index contributed by atoms with van der Waals surface area (Å²) in [6.07, 6.45) is 8.83. The highest BCUT2D eigenvalue weighted by Gasteiger charge is 2.27. The van der Waals surface area contributed by atoms with Crippen LogP contribution in [-0.2, 0) is 25.8 Å². The molecule has 1 aromatic carbocycles. The summed E-state index contributed by atoms with van der Waals surface area (Å²) in [6.45, 7) is 0.703. The number of aromatic nitrogens is 5. The van der Waals surface area contributed by atoms with Crippen LogP contribution in [0.5, 0.6) is 0 Å². The van der Waals surface area contributed by atoms with E-state index < -0.39 is 0 Å². The number of nitrogens with zero attached hydrogens (tertiary/aromatic N) is 5. The van der Waals surface area contributed by atoms with Gasteiger partial charge in [-0.1, -0.05) is 0 Å². The van der Waals surface area contributed by atoms with Crippen molar-refractivity contribution in [3.8, 4) is 5.69 Å². The minimum Gasteiger partial charge on any atom is -0.304 e. The van der Waals surface area contributed by atoms with E-state index >= 15 is 0 Å². The number of rotatable bonds is 6. The van der Waals surface area contributed by atoms with Crippen molar-refractivity contribution in [3.05, 3.63) is 89.4 Å². The molecule has 0 radical (unpaired) electrons. The largest absolute Gasteiger partial charge is 0.304 e. The van der Waals surface area contributed by atoms with Gasteiger partial charge < -0.3 is 5.32 Å². The van der Waals surface area contributed by atoms with E-state index in [9.17, 15) is 9.18 Å². The molecular formula is C23H21FN6O. The second-order valence-corrected chi connectivity index (χ2v) is 7.54. The fourth-order valence-electron chi connectivity index (χ4n) is 3.94. The molecule has 3 heterocycles. The first kappa shape index (κ1) is 19.2. The number of pyridine rings is 1. The third-order valence-electron chi connectivity index (χ3n) is 5.48. The highest BCUT2D eigenvalue weighted by atomic mass is 19.1. The molecule has 5 rings (SSSR count). The van der Waals surface area contributed by atoms with Gasteiger partial charge in [0.25, 0.3) is 5.91 Å². The molecule has 0 aliphatic heterocycles. The number of amides is 1. The van der Waals surface area contributed by atoms with Crippen molar-refractivity contribution in [3.63, 3.8) is 0 Å². The van der Waals surface area contributed by atoms with Crippen LogP contribution in [0.25, 0.3) is 5.69 Å². The van der Waals surface area contributed by atoms with Gasteiger partial charge in [-0.2, -0.15) is 10.2 Å². The lowest BCUT2D eigenvalue weighted by atomic mass is 10.2. The summed E-state index contributed by atoms with van der Waals surface area (Å²) >= 11 is 0. The number of benzene rings is 1. The Labute approximate surface area is 178 Å². The molecule has 0 spiro atoms. The minimum absolute atomic E-state index is 0.279. The molecule has 3 aromatic heterocycles. The molecule has 156 valence electrons. The molecule has 1 aliphatic rings. The number of halogens is 1. The third kappa shape index (κ3) is 3.96. The highest BCUT2D eigenvalue weighted by Crippen LogP contribution is 2.28. The Morgan fingerprint density at radius 2 is 1.84 bits per heavy atom. The van der Waals surface area contributed by atoms with Gasteiger partial charge in [-0.05, 0) is 67.6 Å². The number of aryl methyl sites for hydroxylation is 2. The lowest BCUT2D eigenvalue weighted by Gasteiger charge is -2.05. The van der Waals surface area contributed by atoms with Gasteiger partial charge in [-0.15, -0.1) is 0 Å². The lowest BCUT2D eigenvalue weighted by molar-refractivity contribution is 0.102. The SMILES string of the molecule is O=C(Nc1ccn(CCc2ccncc2)n1)c1nn(-c2ccc(F)cc2)c2c1CCC2. The van der Waals surface area contributed by atoms with E-state index in [1.807, 2.05) is 18.3 Å². The van der Waals surface area contributed by atoms with Gasteiger partial charge >= 0.3 is 0 Å². The Kier molecular flexibility index (Phi) is 5.03. The van der Waals surface area contributed by atoms with Crippen molar-refractivity contribution in [1.29, 1.82) is 0 Å². The average molecular weight is 416 g/mol. The predicted molar refractivity (Wildman–Crippen MR) is 114 cm³/mol. The minimum atomic E-state index is -0.301. The van der Waals surface area contributed by atoms with Gasteiger partial charge in [-0.25, -0.2) is 9.07 Å². The van der Waals surface area contributed by atoms with Crippen LogP contribution in [0.15, 0.2) is 61.1 Å². The van der Waals surface area contributed by atoms with Crippen LogP contribution in [0.2, 0.25) is 0 Å². The van der Waals surface area contributed by atoms with Gasteiger partial charge in [-0.3, -0.25) is 14.5 Å². The van der Waals surface area contributed by atoms with E-state index in [4.69, 9.17) is 0 Å². The third-order valence-corrected chi connectivity index (χ3v) is 5.48. The number of carbonyl (C=O) groups is 1. The molecule has 0 fully saturated rings. The molecule has 0 unspecified atom stereocenters. The van der Waals surface area contributed by atoms with E-state index in [1.54, 1.807) is 40.0 Å². The summed E-state index contributed by atoms with van der Waals surface area (Å²) < 4.78 is 16.9. The Morgan fingerprint density at radius 1 is 1.03 bits per heavy atom. The Morgan fingerprint density at radius 3 is 2.65 bits per heavy atom. The van der Waals surface area contributed by atoms with Crippen LogP contribution in [0.1, 0.15) is 33.7 Å². The molecule has 1 aliphatic carbocycles. The smallest absolute Gasteiger partial charge is 0.277 e. The van der Waals surface area contributed by atoms with Crippen LogP contribution >= 0.6 is 0 Å². The van der Waals surface area contributed by atoms with Crippen molar-refractivity contribution in [2.75, 3.05) is 5.32 Å². The zero-order chi connectivity index (χ0) is 21.2. The number of anilines is 1. The van der Waals surface area contributed by atoms with Crippen molar-refractivity contribution in [2.24, 2.45) is 0 Å². The van der Waals surface area contributed by atoms with Crippen molar-refractivity contribution in [2.45, 2.75) is 32.2 Å². The van der Waals surface area contributed by atoms with Crippen molar-refractivity contribution < 1.29 is 9.18 Å². The number of nitrogens with one attached hydrogen (secondary N) is 1. The molecular weight excluding hydrogens is 395 g/mol. The first-order valence-corrected chi connectivity index (χ1v) is 10.3. The highest BCUT2D eigenvalue weighted by molar-refractivity contribution is 6.03. The van der Waals surface area contributed by atoms with Crippen LogP contribution < -0.4 is 5.32 Å². The Hall–Kier alpha value is -3.81. The van der Waals surface area contributed by atoms with Gasteiger partial charge in [0.15, 0.2) is 11.5 Å². The van der Waals surface area contributed by atoms with E-state index in [1.165, 1.54) is 17.7 Å². The lowest BCUT2D eigenvalue weighted by Crippen LogP contribution is -2.15. The molecule has 1 amide bonds. The van der Waals surface area contributed by atoms with E-state index in [0.717, 1.165) is 42.6 Å². The molecule has 31 heavy (non-hydrogen) atoms. The summed E-state index contributed by atoms with van der Waals surface area (Å²) in [5.74, 6) is -0.0914. The standard InChI is InChI=1S/C23H21FN6O/c24-17-4-6-18(7-5-17)30-20-3-1-2-19(20)22(28-30)23(31)26-21-11-15-29(27-21)14-10-16-8-12-25-13-9-16/h4-9,11-13,15H,1-3,10,14H2,(H,26,27,31). The number of hydrogen-bond acceptors (Lipinski definition) is 4. The predicted octanol–water partition coefficient (Wildman–Crippen LogP) is 3.59. The number of hydrogen-bond donors (Lipinski definition) is 1. The normalized spacial score (nSPS) is 12.7. The van der Waals surface area contributed by atoms with Crippen LogP contribution in [0.4, 0.5) is 10.2 Å². The van der Waals surface area contributed by atoms with Crippen molar-refractivity contribution in [1.82, 2.24) is 24.5 Å². The van der Waals surface area contributed by atoms with Crippen molar-refractivity contribution >= 4 is 11.7 Å². The van der Waals surface area contributed by atoms with Crippen LogP contribution in [0, 0.1) is 5.82 Å². The van der Waals surface area contributed by atoms with Gasteiger partial charge in [0.1, 0.15) is 5.82 Å². The van der Waals surface area contributed by atoms with E-state index in [2.05, 4.69) is 20.5 Å². The maximum absolute atomic E-state index is 13.3.